The second kappa shape index (κ2) is 3.47. The Hall–Kier alpha value is -0.910. The summed E-state index contributed by atoms with van der Waals surface area (Å²) in [5, 5.41) is 17.3. The third-order valence-electron chi connectivity index (χ3n) is 1.26. The van der Waals surface area contributed by atoms with Gasteiger partial charge in [0.2, 0.25) is 0 Å². The van der Waals surface area contributed by atoms with Gasteiger partial charge >= 0.3 is 0 Å². The summed E-state index contributed by atoms with van der Waals surface area (Å²) < 4.78 is 0. The third-order valence-corrected chi connectivity index (χ3v) is 2.21. The lowest BCUT2D eigenvalue weighted by molar-refractivity contribution is 0.234. The minimum Gasteiger partial charge on any atom is -0.326 e. The topological polar surface area (TPSA) is 82.1 Å². The van der Waals surface area contributed by atoms with Crippen LogP contribution in [0.5, 0.6) is 0 Å². The number of hydrogen-bond donors (Lipinski definition) is 4. The zero-order chi connectivity index (χ0) is 8.27. The van der Waals surface area contributed by atoms with E-state index in [0.717, 1.165) is 4.88 Å². The molecule has 0 radical (unpaired) electrons. The van der Waals surface area contributed by atoms with Crippen LogP contribution in [0.2, 0.25) is 0 Å². The van der Waals surface area contributed by atoms with Crippen LogP contribution >= 0.6 is 11.3 Å². The van der Waals surface area contributed by atoms with Crippen LogP contribution in [0, 0.1) is 5.41 Å². The van der Waals surface area contributed by atoms with Crippen LogP contribution in [-0.2, 0) is 6.54 Å². The Morgan fingerprint density at radius 2 is 2.55 bits per heavy atom. The number of nitrogens with one attached hydrogen (secondary N) is 2. The van der Waals surface area contributed by atoms with Crippen molar-refractivity contribution in [2.45, 2.75) is 6.54 Å². The van der Waals surface area contributed by atoms with E-state index in [2.05, 4.69) is 0 Å². The van der Waals surface area contributed by atoms with Gasteiger partial charge in [-0.25, -0.2) is 0 Å². The van der Waals surface area contributed by atoms with Crippen LogP contribution in [0.25, 0.3) is 0 Å². The zero-order valence-corrected chi connectivity index (χ0v) is 6.61. The molecule has 0 bridgehead atoms. The molecule has 0 fully saturated rings. The van der Waals surface area contributed by atoms with Crippen molar-refractivity contribution in [2.75, 3.05) is 0 Å². The third kappa shape index (κ3) is 1.76. The smallest absolute Gasteiger partial charge is 0.150 e. The van der Waals surface area contributed by atoms with Crippen LogP contribution in [0.15, 0.2) is 11.4 Å². The van der Waals surface area contributed by atoms with Crippen LogP contribution in [0.3, 0.4) is 0 Å². The van der Waals surface area contributed by atoms with Crippen molar-refractivity contribution in [3.05, 3.63) is 21.9 Å². The molecule has 0 atom stereocenters. The van der Waals surface area contributed by atoms with Crippen molar-refractivity contribution in [1.29, 1.82) is 5.41 Å². The molecule has 4 nitrogen and oxygen atoms in total. The van der Waals surface area contributed by atoms with Gasteiger partial charge in [-0.1, -0.05) is 0 Å². The maximum absolute atomic E-state index is 8.37. The highest BCUT2D eigenvalue weighted by molar-refractivity contribution is 7.10. The lowest BCUT2D eigenvalue weighted by atomic mass is 10.3. The molecular formula is C6H9N3OS. The van der Waals surface area contributed by atoms with E-state index < -0.39 is 0 Å². The van der Waals surface area contributed by atoms with Gasteiger partial charge in [-0.15, -0.1) is 11.3 Å². The molecule has 0 aromatic carbocycles. The molecule has 0 saturated carbocycles. The second-order valence-electron chi connectivity index (χ2n) is 1.99. The number of thiophene rings is 1. The van der Waals surface area contributed by atoms with Crippen molar-refractivity contribution in [2.24, 2.45) is 5.73 Å². The van der Waals surface area contributed by atoms with Crippen LogP contribution in [-0.4, -0.2) is 11.0 Å². The molecular weight excluding hydrogens is 162 g/mol. The standard InChI is InChI=1S/C6H9N3OS/c7-2-5-1-4(3-11-5)6(8)9-10/h1,3,10H,2,7H2,(H2,8,9). The zero-order valence-electron chi connectivity index (χ0n) is 5.79. The summed E-state index contributed by atoms with van der Waals surface area (Å²) in [6.45, 7) is 0.476. The Kier molecular flexibility index (Phi) is 2.58. The molecule has 0 amide bonds. The fourth-order valence-electron chi connectivity index (χ4n) is 0.683. The maximum Gasteiger partial charge on any atom is 0.150 e. The van der Waals surface area contributed by atoms with Gasteiger partial charge in [0.05, 0.1) is 0 Å². The van der Waals surface area contributed by atoms with E-state index in [1.165, 1.54) is 11.3 Å². The van der Waals surface area contributed by atoms with E-state index in [-0.39, 0.29) is 5.84 Å². The number of hydroxylamine groups is 1. The van der Waals surface area contributed by atoms with Gasteiger partial charge in [-0.3, -0.25) is 16.1 Å². The molecule has 1 rings (SSSR count). The van der Waals surface area contributed by atoms with Crippen LogP contribution in [0.4, 0.5) is 0 Å². The molecule has 1 aromatic heterocycles. The first-order chi connectivity index (χ1) is 5.27. The van der Waals surface area contributed by atoms with E-state index in [4.69, 9.17) is 16.4 Å². The highest BCUT2D eigenvalue weighted by atomic mass is 32.1. The van der Waals surface area contributed by atoms with Crippen LogP contribution < -0.4 is 11.2 Å². The molecule has 0 aliphatic rings. The highest BCUT2D eigenvalue weighted by Gasteiger charge is 2.01. The minimum absolute atomic E-state index is 0.000880. The molecule has 0 aliphatic carbocycles. The number of amidine groups is 1. The predicted molar refractivity (Wildman–Crippen MR) is 44.0 cm³/mol. The molecule has 5 heteroatoms. The lowest BCUT2D eigenvalue weighted by Crippen LogP contribution is -2.17. The first-order valence-electron chi connectivity index (χ1n) is 3.04. The summed E-state index contributed by atoms with van der Waals surface area (Å²) >= 11 is 1.48. The molecule has 0 aliphatic heterocycles. The number of rotatable bonds is 2. The maximum atomic E-state index is 8.37. The van der Waals surface area contributed by atoms with Gasteiger partial charge in [0.1, 0.15) is 5.84 Å². The Morgan fingerprint density at radius 1 is 1.82 bits per heavy atom. The van der Waals surface area contributed by atoms with Gasteiger partial charge in [0.15, 0.2) is 0 Å². The van der Waals surface area contributed by atoms with Gasteiger partial charge < -0.3 is 5.73 Å². The van der Waals surface area contributed by atoms with E-state index in [9.17, 15) is 0 Å². The summed E-state index contributed by atoms with van der Waals surface area (Å²) in [5.74, 6) is 0.000880. The predicted octanol–water partition coefficient (Wildman–Crippen LogP) is 0.511. The molecule has 0 unspecified atom stereocenters. The first-order valence-corrected chi connectivity index (χ1v) is 3.92. The Balaban J connectivity index is 2.80. The molecule has 0 saturated heterocycles. The molecule has 5 N–H and O–H groups in total. The van der Waals surface area contributed by atoms with Crippen molar-refractivity contribution in [1.82, 2.24) is 5.48 Å². The minimum atomic E-state index is 0.000880. The number of nitrogens with two attached hydrogens (primary N) is 1. The fraction of sp³-hybridized carbons (Fsp3) is 0.167. The Labute approximate surface area is 68.1 Å². The van der Waals surface area contributed by atoms with Crippen LogP contribution in [0.1, 0.15) is 10.4 Å². The average Bonchev–Trinajstić information content (AvgIpc) is 2.50. The van der Waals surface area contributed by atoms with Gasteiger partial charge in [-0.2, -0.15) is 0 Å². The number of hydrogen-bond acceptors (Lipinski definition) is 4. The quantitative estimate of drug-likeness (QED) is 0.297. The van der Waals surface area contributed by atoms with Crippen molar-refractivity contribution in [3.63, 3.8) is 0 Å². The van der Waals surface area contributed by atoms with E-state index >= 15 is 0 Å². The fourth-order valence-corrected chi connectivity index (χ4v) is 1.44. The second-order valence-corrected chi connectivity index (χ2v) is 2.99. The summed E-state index contributed by atoms with van der Waals surface area (Å²) in [7, 11) is 0. The molecule has 1 heterocycles. The molecule has 1 aromatic rings. The van der Waals surface area contributed by atoms with Gasteiger partial charge in [0, 0.05) is 22.4 Å². The van der Waals surface area contributed by atoms with E-state index in [1.807, 2.05) is 0 Å². The summed E-state index contributed by atoms with van der Waals surface area (Å²) in [5.41, 5.74) is 7.79. The summed E-state index contributed by atoms with van der Waals surface area (Å²) in [4.78, 5) is 1.00. The monoisotopic (exact) mass is 171 g/mol. The molecule has 60 valence electrons. The molecule has 11 heavy (non-hydrogen) atoms. The summed E-state index contributed by atoms with van der Waals surface area (Å²) in [6, 6.07) is 1.77. The summed E-state index contributed by atoms with van der Waals surface area (Å²) in [6.07, 6.45) is 0. The first kappa shape index (κ1) is 8.19. The molecule has 0 spiro atoms. The van der Waals surface area contributed by atoms with Crippen molar-refractivity contribution in [3.8, 4) is 0 Å². The van der Waals surface area contributed by atoms with Crippen molar-refractivity contribution >= 4 is 17.2 Å². The Morgan fingerprint density at radius 3 is 3.00 bits per heavy atom. The lowest BCUT2D eigenvalue weighted by Gasteiger charge is -1.94. The largest absolute Gasteiger partial charge is 0.326 e. The van der Waals surface area contributed by atoms with E-state index in [1.54, 1.807) is 16.9 Å². The highest BCUT2D eigenvalue weighted by Crippen LogP contribution is 2.13. The normalized spacial score (nSPS) is 9.64. The Bertz CT molecular complexity index is 258. The van der Waals surface area contributed by atoms with E-state index in [0.29, 0.717) is 12.1 Å². The SMILES string of the molecule is N=C(NO)c1csc(CN)c1. The van der Waals surface area contributed by atoms with Gasteiger partial charge in [0.25, 0.3) is 0 Å². The van der Waals surface area contributed by atoms with Gasteiger partial charge in [-0.05, 0) is 6.07 Å². The van der Waals surface area contributed by atoms with Crippen molar-refractivity contribution < 1.29 is 5.21 Å². The average molecular weight is 171 g/mol.